The standard InChI is InChI=1S/C72H145NO5/c1-3-5-7-9-11-13-15-17-19-21-23-25-27-29-31-33-35-37-39-41-43-45-47-49-51-53-55-57-59-61-63-65-69(75)71(77)68(67-74)73-72(78)70(76)66-64-62-60-58-56-54-52-50-48-46-44-42-40-38-36-34-32-30-28-26-24-22-20-18-16-14-12-10-8-6-4-2/h68-71,74-77H,3-67H2,1-2H3,(H,73,78). The average molecular weight is 1100 g/mol. The third-order valence-corrected chi connectivity index (χ3v) is 17.8. The molecule has 0 fully saturated rings. The van der Waals surface area contributed by atoms with Gasteiger partial charge >= 0.3 is 0 Å². The second kappa shape index (κ2) is 67.1. The van der Waals surface area contributed by atoms with Crippen molar-refractivity contribution in [3.05, 3.63) is 0 Å². The molecule has 0 aliphatic heterocycles. The van der Waals surface area contributed by atoms with E-state index >= 15 is 0 Å². The third-order valence-electron chi connectivity index (χ3n) is 17.8. The van der Waals surface area contributed by atoms with Crippen LogP contribution in [0.3, 0.4) is 0 Å². The second-order valence-corrected chi connectivity index (χ2v) is 25.7. The van der Waals surface area contributed by atoms with Gasteiger partial charge in [-0.05, 0) is 12.8 Å². The molecule has 4 unspecified atom stereocenters. The van der Waals surface area contributed by atoms with E-state index in [2.05, 4.69) is 19.2 Å². The summed E-state index contributed by atoms with van der Waals surface area (Å²) >= 11 is 0. The van der Waals surface area contributed by atoms with Gasteiger partial charge in [-0.25, -0.2) is 0 Å². The molecule has 0 spiro atoms. The number of hydrogen-bond acceptors (Lipinski definition) is 5. The summed E-state index contributed by atoms with van der Waals surface area (Å²) in [4.78, 5) is 12.7. The van der Waals surface area contributed by atoms with E-state index in [0.717, 1.165) is 38.5 Å². The molecule has 468 valence electrons. The summed E-state index contributed by atoms with van der Waals surface area (Å²) in [5, 5.41) is 44.3. The molecule has 0 bridgehead atoms. The summed E-state index contributed by atoms with van der Waals surface area (Å²) in [6, 6.07) is -0.983. The molecule has 6 heteroatoms. The molecule has 0 heterocycles. The minimum atomic E-state index is -1.26. The van der Waals surface area contributed by atoms with Crippen molar-refractivity contribution in [3.8, 4) is 0 Å². The molecule has 1 amide bonds. The number of aliphatic hydroxyl groups is 4. The molecular weight excluding hydrogens is 959 g/mol. The molecule has 0 aliphatic carbocycles. The maximum absolute atomic E-state index is 12.7. The van der Waals surface area contributed by atoms with Crippen molar-refractivity contribution in [2.45, 2.75) is 449 Å². The lowest BCUT2D eigenvalue weighted by Crippen LogP contribution is -2.53. The van der Waals surface area contributed by atoms with E-state index < -0.39 is 36.9 Å². The van der Waals surface area contributed by atoms with Crippen LogP contribution in [-0.4, -0.2) is 57.3 Å². The normalized spacial score (nSPS) is 13.4. The highest BCUT2D eigenvalue weighted by molar-refractivity contribution is 5.80. The Balaban J connectivity index is 3.49. The van der Waals surface area contributed by atoms with Gasteiger partial charge in [0.05, 0.1) is 18.8 Å². The van der Waals surface area contributed by atoms with Gasteiger partial charge in [-0.15, -0.1) is 0 Å². The zero-order chi connectivity index (χ0) is 56.6. The Morgan fingerprint density at radius 1 is 0.269 bits per heavy atom. The first-order valence-corrected chi connectivity index (χ1v) is 36.4. The third kappa shape index (κ3) is 59.9. The minimum absolute atomic E-state index is 0.377. The fraction of sp³-hybridized carbons (Fsp3) is 0.986. The van der Waals surface area contributed by atoms with E-state index in [9.17, 15) is 25.2 Å². The number of unbranched alkanes of at least 4 members (excludes halogenated alkanes) is 60. The van der Waals surface area contributed by atoms with Gasteiger partial charge in [0.25, 0.3) is 0 Å². The Bertz CT molecular complexity index is 1100. The molecule has 5 N–H and O–H groups in total. The summed E-state index contributed by atoms with van der Waals surface area (Å²) < 4.78 is 0. The monoisotopic (exact) mass is 1100 g/mol. The molecule has 0 saturated carbocycles. The largest absolute Gasteiger partial charge is 0.394 e. The molecule has 6 nitrogen and oxygen atoms in total. The first-order chi connectivity index (χ1) is 38.5. The Labute approximate surface area is 490 Å². The van der Waals surface area contributed by atoms with E-state index in [1.807, 2.05) is 0 Å². The van der Waals surface area contributed by atoms with E-state index in [0.29, 0.717) is 12.8 Å². The summed E-state index contributed by atoms with van der Waals surface area (Å²) in [6.07, 6.45) is 82.4. The molecule has 0 aromatic rings. The van der Waals surface area contributed by atoms with Crippen LogP contribution in [0, 0.1) is 0 Å². The van der Waals surface area contributed by atoms with Crippen molar-refractivity contribution in [3.63, 3.8) is 0 Å². The summed E-state index contributed by atoms with van der Waals surface area (Å²) in [7, 11) is 0. The molecule has 0 aliphatic rings. The number of carbonyl (C=O) groups excluding carboxylic acids is 1. The predicted molar refractivity (Wildman–Crippen MR) is 344 cm³/mol. The zero-order valence-corrected chi connectivity index (χ0v) is 53.5. The Morgan fingerprint density at radius 2 is 0.436 bits per heavy atom. The molecule has 4 atom stereocenters. The lowest BCUT2D eigenvalue weighted by atomic mass is 9.99. The second-order valence-electron chi connectivity index (χ2n) is 25.7. The summed E-state index contributed by atoms with van der Waals surface area (Å²) in [5.74, 6) is -0.572. The highest BCUT2D eigenvalue weighted by atomic mass is 16.3. The minimum Gasteiger partial charge on any atom is -0.394 e. The topological polar surface area (TPSA) is 110 Å². The van der Waals surface area contributed by atoms with Crippen molar-refractivity contribution in [2.24, 2.45) is 0 Å². The van der Waals surface area contributed by atoms with Crippen LogP contribution in [-0.2, 0) is 4.79 Å². The smallest absolute Gasteiger partial charge is 0.249 e. The lowest BCUT2D eigenvalue weighted by molar-refractivity contribution is -0.132. The molecule has 0 saturated heterocycles. The number of aliphatic hydroxyl groups excluding tert-OH is 4. The fourth-order valence-electron chi connectivity index (χ4n) is 12.2. The number of rotatable bonds is 69. The van der Waals surface area contributed by atoms with Gasteiger partial charge in [0.2, 0.25) is 5.91 Å². The average Bonchev–Trinajstić information content (AvgIpc) is 3.44. The van der Waals surface area contributed by atoms with Crippen LogP contribution in [0.1, 0.15) is 425 Å². The summed E-state index contributed by atoms with van der Waals surface area (Å²) in [6.45, 7) is 4.12. The molecule has 0 rings (SSSR count). The van der Waals surface area contributed by atoms with Crippen LogP contribution < -0.4 is 5.32 Å². The first-order valence-electron chi connectivity index (χ1n) is 36.4. The molecule has 0 aromatic heterocycles. The molecule has 0 radical (unpaired) electrons. The molecule has 0 aromatic carbocycles. The summed E-state index contributed by atoms with van der Waals surface area (Å²) in [5.41, 5.74) is 0. The van der Waals surface area contributed by atoms with Crippen molar-refractivity contribution in [1.29, 1.82) is 0 Å². The van der Waals surface area contributed by atoms with Gasteiger partial charge in [-0.2, -0.15) is 0 Å². The maximum atomic E-state index is 12.7. The van der Waals surface area contributed by atoms with E-state index in [1.54, 1.807) is 0 Å². The van der Waals surface area contributed by atoms with Crippen LogP contribution in [0.15, 0.2) is 0 Å². The van der Waals surface area contributed by atoms with Crippen molar-refractivity contribution < 1.29 is 25.2 Å². The fourth-order valence-corrected chi connectivity index (χ4v) is 12.2. The van der Waals surface area contributed by atoms with Gasteiger partial charge in [0.1, 0.15) is 12.2 Å². The van der Waals surface area contributed by atoms with Crippen molar-refractivity contribution >= 4 is 5.91 Å². The first kappa shape index (κ1) is 77.3. The lowest BCUT2D eigenvalue weighted by Gasteiger charge is -2.27. The molecular formula is C72H145NO5. The molecule has 78 heavy (non-hydrogen) atoms. The quantitative estimate of drug-likeness (QED) is 0.0390. The highest BCUT2D eigenvalue weighted by Crippen LogP contribution is 2.21. The van der Waals surface area contributed by atoms with Gasteiger partial charge in [0, 0.05) is 0 Å². The van der Waals surface area contributed by atoms with Crippen LogP contribution in [0.2, 0.25) is 0 Å². The van der Waals surface area contributed by atoms with Crippen LogP contribution in [0.4, 0.5) is 0 Å². The van der Waals surface area contributed by atoms with E-state index in [1.165, 1.54) is 360 Å². The van der Waals surface area contributed by atoms with E-state index in [4.69, 9.17) is 0 Å². The van der Waals surface area contributed by atoms with Crippen LogP contribution >= 0.6 is 0 Å². The van der Waals surface area contributed by atoms with Crippen molar-refractivity contribution in [2.75, 3.05) is 6.61 Å². The predicted octanol–water partition coefficient (Wildman–Crippen LogP) is 22.6. The Kier molecular flexibility index (Phi) is 66.5. The highest BCUT2D eigenvalue weighted by Gasteiger charge is 2.28. The van der Waals surface area contributed by atoms with Crippen LogP contribution in [0.5, 0.6) is 0 Å². The maximum Gasteiger partial charge on any atom is 0.249 e. The number of carbonyl (C=O) groups is 1. The van der Waals surface area contributed by atoms with E-state index in [-0.39, 0.29) is 0 Å². The van der Waals surface area contributed by atoms with Gasteiger partial charge in [-0.1, -0.05) is 412 Å². The Hall–Kier alpha value is -0.690. The van der Waals surface area contributed by atoms with Gasteiger partial charge < -0.3 is 25.7 Å². The van der Waals surface area contributed by atoms with Crippen molar-refractivity contribution in [1.82, 2.24) is 5.32 Å². The van der Waals surface area contributed by atoms with Gasteiger partial charge in [0.15, 0.2) is 0 Å². The number of hydrogen-bond donors (Lipinski definition) is 5. The Morgan fingerprint density at radius 3 is 0.615 bits per heavy atom. The SMILES string of the molecule is CCCCCCCCCCCCCCCCCCCCCCCCCCCCCCCCCC(O)C(=O)NC(CO)C(O)C(O)CCCCCCCCCCCCCCCCCCCCCCCCCCCCCCCCC. The number of nitrogens with one attached hydrogen (secondary N) is 1. The van der Waals surface area contributed by atoms with Gasteiger partial charge in [-0.3, -0.25) is 4.79 Å². The zero-order valence-electron chi connectivity index (χ0n) is 53.5. The number of amides is 1. The van der Waals surface area contributed by atoms with Crippen LogP contribution in [0.25, 0.3) is 0 Å².